The topological polar surface area (TPSA) is 117 Å². The Bertz CT molecular complexity index is 1370. The number of rotatable bonds is 9. The predicted octanol–water partition coefficient (Wildman–Crippen LogP) is 1.79. The third-order valence-electron chi connectivity index (χ3n) is 6.56. The molecule has 2 aromatic carbocycles. The molecule has 1 atom stereocenters. The Morgan fingerprint density at radius 1 is 1.13 bits per heavy atom. The van der Waals surface area contributed by atoms with Crippen LogP contribution in [0.15, 0.2) is 60.7 Å². The summed E-state index contributed by atoms with van der Waals surface area (Å²) in [6.45, 7) is 4.00. The Labute approximate surface area is 220 Å². The zero-order valence-electron chi connectivity index (χ0n) is 21.3. The van der Waals surface area contributed by atoms with Crippen molar-refractivity contribution in [2.24, 2.45) is 0 Å². The van der Waals surface area contributed by atoms with E-state index in [2.05, 4.69) is 4.98 Å². The lowest BCUT2D eigenvalue weighted by Crippen LogP contribution is -2.36. The van der Waals surface area contributed by atoms with E-state index in [1.165, 1.54) is 12.0 Å². The summed E-state index contributed by atoms with van der Waals surface area (Å²) in [5, 5.41) is 13.8. The third-order valence-corrected chi connectivity index (χ3v) is 6.56. The van der Waals surface area contributed by atoms with E-state index >= 15 is 0 Å². The molecule has 1 fully saturated rings. The van der Waals surface area contributed by atoms with Gasteiger partial charge < -0.3 is 29.0 Å². The number of H-pyrrole nitrogens is 1. The highest BCUT2D eigenvalue weighted by Gasteiger charge is 2.44. The molecule has 0 bridgehead atoms. The second kappa shape index (κ2) is 10.9. The fourth-order valence-electron chi connectivity index (χ4n) is 4.80. The van der Waals surface area contributed by atoms with Crippen LogP contribution in [0.5, 0.6) is 23.0 Å². The van der Waals surface area contributed by atoms with Crippen molar-refractivity contribution in [1.82, 2.24) is 9.88 Å². The molecule has 3 aromatic rings. The number of ketones is 1. The van der Waals surface area contributed by atoms with Crippen LogP contribution in [0.25, 0.3) is 5.76 Å². The Balaban J connectivity index is 1.56. The van der Waals surface area contributed by atoms with Crippen molar-refractivity contribution in [3.63, 3.8) is 0 Å². The summed E-state index contributed by atoms with van der Waals surface area (Å²) in [7, 11) is 1.52. The van der Waals surface area contributed by atoms with Gasteiger partial charge in [-0.3, -0.25) is 14.6 Å². The molecule has 2 aliphatic heterocycles. The van der Waals surface area contributed by atoms with Crippen LogP contribution in [0.4, 0.5) is 0 Å². The van der Waals surface area contributed by atoms with Crippen LogP contribution in [0.3, 0.4) is 0 Å². The van der Waals surface area contributed by atoms with Gasteiger partial charge in [0.15, 0.2) is 23.0 Å². The number of aromatic nitrogens is 2. The lowest BCUT2D eigenvalue weighted by Gasteiger charge is -2.28. The van der Waals surface area contributed by atoms with E-state index < -0.39 is 23.5 Å². The molecule has 2 aliphatic rings. The van der Waals surface area contributed by atoms with Crippen molar-refractivity contribution >= 4 is 17.4 Å². The van der Waals surface area contributed by atoms with Gasteiger partial charge in [-0.05, 0) is 42.3 Å². The monoisotopic (exact) mass is 519 g/mol. The molecule has 5 rings (SSSR count). The van der Waals surface area contributed by atoms with Crippen LogP contribution in [-0.2, 0) is 16.1 Å². The largest absolute Gasteiger partial charge is 0.872 e. The summed E-state index contributed by atoms with van der Waals surface area (Å²) in [5.74, 6) is -0.0994. The Morgan fingerprint density at radius 2 is 1.95 bits per heavy atom. The number of benzene rings is 2. The van der Waals surface area contributed by atoms with Crippen molar-refractivity contribution in [3.05, 3.63) is 71.8 Å². The van der Waals surface area contributed by atoms with Crippen molar-refractivity contribution in [3.8, 4) is 23.0 Å². The molecule has 1 aromatic heterocycles. The molecule has 10 nitrogen and oxygen atoms in total. The van der Waals surface area contributed by atoms with Crippen LogP contribution < -0.4 is 28.6 Å². The number of carbonyl (C=O) groups excluding carboxylic acids is 2. The second-order valence-corrected chi connectivity index (χ2v) is 8.88. The first kappa shape index (κ1) is 25.2. The van der Waals surface area contributed by atoms with Crippen LogP contribution in [0.1, 0.15) is 30.5 Å². The van der Waals surface area contributed by atoms with Gasteiger partial charge >= 0.3 is 0 Å². The second-order valence-electron chi connectivity index (χ2n) is 8.88. The van der Waals surface area contributed by atoms with E-state index in [-0.39, 0.29) is 17.7 Å². The number of nitrogens with zero attached hydrogens (tertiary/aromatic N) is 2. The lowest BCUT2D eigenvalue weighted by atomic mass is 9.94. The average molecular weight is 520 g/mol. The minimum absolute atomic E-state index is 0.104. The summed E-state index contributed by atoms with van der Waals surface area (Å²) in [6, 6.07) is 9.11. The number of carbonyl (C=O) groups is 2. The smallest absolute Gasteiger partial charge is 0.295 e. The van der Waals surface area contributed by atoms with Gasteiger partial charge in [-0.2, -0.15) is 0 Å². The fourth-order valence-corrected chi connectivity index (χ4v) is 4.80. The van der Waals surface area contributed by atoms with Gasteiger partial charge in [-0.15, -0.1) is 0 Å². The van der Waals surface area contributed by atoms with Gasteiger partial charge in [0.05, 0.1) is 26.3 Å². The highest BCUT2D eigenvalue weighted by molar-refractivity contribution is 6.46. The number of aromatic amines is 1. The summed E-state index contributed by atoms with van der Waals surface area (Å²) in [5.41, 5.74) is 0.727. The molecule has 3 heterocycles. The van der Waals surface area contributed by atoms with Crippen molar-refractivity contribution in [2.45, 2.75) is 25.9 Å². The van der Waals surface area contributed by atoms with E-state index in [0.717, 1.165) is 0 Å². The van der Waals surface area contributed by atoms with Gasteiger partial charge in [-0.25, -0.2) is 4.57 Å². The molecule has 1 unspecified atom stereocenters. The maximum absolute atomic E-state index is 13.8. The number of Topliss-reactive ketones (excluding diaryl/α,β-unsaturated/α-hetero) is 1. The van der Waals surface area contributed by atoms with Crippen molar-refractivity contribution < 1.29 is 38.2 Å². The summed E-state index contributed by atoms with van der Waals surface area (Å²) < 4.78 is 24.3. The normalized spacial score (nSPS) is 18.1. The summed E-state index contributed by atoms with van der Waals surface area (Å²) >= 11 is 0. The summed E-state index contributed by atoms with van der Waals surface area (Å²) in [4.78, 5) is 31.1. The van der Waals surface area contributed by atoms with Gasteiger partial charge in [0, 0.05) is 18.5 Å². The maximum Gasteiger partial charge on any atom is 0.295 e. The number of hydrogen-bond donors (Lipinski definition) is 1. The number of likely N-dealkylation sites (tertiary alicyclic amines) is 1. The highest BCUT2D eigenvalue weighted by Crippen LogP contribution is 2.42. The van der Waals surface area contributed by atoms with Gasteiger partial charge in [-0.1, -0.05) is 17.9 Å². The highest BCUT2D eigenvalue weighted by atomic mass is 16.6. The molecule has 0 spiro atoms. The maximum atomic E-state index is 13.8. The minimum Gasteiger partial charge on any atom is -0.872 e. The first-order valence-electron chi connectivity index (χ1n) is 12.5. The van der Waals surface area contributed by atoms with Crippen LogP contribution in [0, 0.1) is 0 Å². The van der Waals surface area contributed by atoms with E-state index in [9.17, 15) is 14.7 Å². The predicted molar refractivity (Wildman–Crippen MR) is 134 cm³/mol. The van der Waals surface area contributed by atoms with Crippen LogP contribution in [0.2, 0.25) is 0 Å². The van der Waals surface area contributed by atoms with Crippen LogP contribution >= 0.6 is 0 Å². The number of amides is 1. The molecule has 1 saturated heterocycles. The Kier molecular flexibility index (Phi) is 7.21. The van der Waals surface area contributed by atoms with Gasteiger partial charge in [0.25, 0.3) is 5.91 Å². The number of ether oxygens (including phenoxy) is 4. The van der Waals surface area contributed by atoms with E-state index in [0.29, 0.717) is 61.3 Å². The first-order chi connectivity index (χ1) is 18.5. The molecule has 0 saturated carbocycles. The number of hydrogen-bond acceptors (Lipinski definition) is 7. The van der Waals surface area contributed by atoms with Gasteiger partial charge in [0.1, 0.15) is 25.6 Å². The molecule has 1 amide bonds. The molecule has 10 heteroatoms. The van der Waals surface area contributed by atoms with E-state index in [1.54, 1.807) is 42.6 Å². The first-order valence-corrected chi connectivity index (χ1v) is 12.5. The third kappa shape index (κ3) is 4.77. The quantitative estimate of drug-likeness (QED) is 0.198. The molecule has 198 valence electrons. The number of nitrogens with one attached hydrogen (secondary N) is 1. The van der Waals surface area contributed by atoms with Crippen molar-refractivity contribution in [1.29, 1.82) is 0 Å². The Morgan fingerprint density at radius 3 is 2.68 bits per heavy atom. The van der Waals surface area contributed by atoms with E-state index in [4.69, 9.17) is 18.9 Å². The standard InChI is InChI=1S/C28H29N3O7/c1-3-36-20-7-5-18(15-22(20)35-2)25-24(26(32)19-6-8-21-23(16-19)38-14-13-37-21)27(33)28(34)31(25)11-4-10-30-12-9-29-17-30/h5-9,12,15-17,25H,3-4,10-11,13-14H2,1-2H3,(H,32,33). The lowest BCUT2D eigenvalue weighted by molar-refractivity contribution is -0.695. The molecular formula is C28H29N3O7. The van der Waals surface area contributed by atoms with Gasteiger partial charge in [0.2, 0.25) is 12.1 Å². The Hall–Kier alpha value is -4.47. The molecule has 0 aliphatic carbocycles. The number of fused-ring (bicyclic) bond motifs is 1. The number of aryl methyl sites for hydroxylation is 1. The molecule has 0 radical (unpaired) electrons. The molecule has 38 heavy (non-hydrogen) atoms. The summed E-state index contributed by atoms with van der Waals surface area (Å²) in [6.07, 6.45) is 6.08. The zero-order valence-corrected chi connectivity index (χ0v) is 21.3. The molecule has 1 N–H and O–H groups in total. The zero-order chi connectivity index (χ0) is 26.6. The SMILES string of the molecule is CCOc1ccc(C2C(=C([O-])c3ccc4c(c3)OCCO4)C(=O)C(=O)N2CCC[n+]2cc[nH]c2)cc1OC. The number of imidazole rings is 1. The van der Waals surface area contributed by atoms with Crippen molar-refractivity contribution in [2.75, 3.05) is 33.5 Å². The van der Waals surface area contributed by atoms with E-state index in [1.807, 2.05) is 24.0 Å². The van der Waals surface area contributed by atoms with Crippen LogP contribution in [-0.4, -0.2) is 55.0 Å². The minimum atomic E-state index is -0.878. The average Bonchev–Trinajstić information content (AvgIpc) is 3.55. The fraction of sp³-hybridized carbons (Fsp3) is 0.321. The number of methoxy groups -OCH3 is 1. The molecular weight excluding hydrogens is 490 g/mol.